The van der Waals surface area contributed by atoms with Crippen LogP contribution in [0.4, 0.5) is 0 Å². The second kappa shape index (κ2) is 7.90. The number of carbonyl (C=O) groups is 2. The number of carbonyl (C=O) groups excluding carboxylic acids is 2. The van der Waals surface area contributed by atoms with Crippen molar-refractivity contribution in [3.8, 4) is 11.5 Å². The summed E-state index contributed by atoms with van der Waals surface area (Å²) < 4.78 is 10.6. The molecule has 0 fully saturated rings. The molecule has 0 radical (unpaired) electrons. The number of nitrogens with zero attached hydrogens (tertiary/aromatic N) is 1. The molecule has 2 amide bonds. The van der Waals surface area contributed by atoms with E-state index in [4.69, 9.17) is 9.47 Å². The van der Waals surface area contributed by atoms with Crippen LogP contribution < -0.4 is 14.8 Å². The normalized spacial score (nSPS) is 15.7. The maximum absolute atomic E-state index is 12.8. The van der Waals surface area contributed by atoms with Gasteiger partial charge in [-0.15, -0.1) is 0 Å². The van der Waals surface area contributed by atoms with Crippen molar-refractivity contribution in [3.63, 3.8) is 0 Å². The lowest BCUT2D eigenvalue weighted by atomic mass is 9.99. The van der Waals surface area contributed by atoms with Gasteiger partial charge in [-0.3, -0.25) is 9.59 Å². The van der Waals surface area contributed by atoms with Gasteiger partial charge in [0, 0.05) is 13.1 Å². The number of hydrogen-bond acceptors (Lipinski definition) is 5. The van der Waals surface area contributed by atoms with Crippen LogP contribution in [0.3, 0.4) is 0 Å². The molecule has 2 aromatic carbocycles. The predicted molar refractivity (Wildman–Crippen MR) is 101 cm³/mol. The molecule has 2 aliphatic rings. The molecule has 0 aromatic heterocycles. The van der Waals surface area contributed by atoms with E-state index in [1.54, 1.807) is 23.1 Å². The molecule has 0 saturated heterocycles. The van der Waals surface area contributed by atoms with Crippen LogP contribution in [0, 0.1) is 0 Å². The molecule has 0 aliphatic carbocycles. The van der Waals surface area contributed by atoms with Crippen molar-refractivity contribution in [2.24, 2.45) is 0 Å². The van der Waals surface area contributed by atoms with Crippen LogP contribution in [0.25, 0.3) is 0 Å². The summed E-state index contributed by atoms with van der Waals surface area (Å²) in [5, 5.41) is 12.3. The minimum Gasteiger partial charge on any atom is -0.454 e. The van der Waals surface area contributed by atoms with Crippen molar-refractivity contribution in [2.45, 2.75) is 25.4 Å². The molecule has 0 unspecified atom stereocenters. The quantitative estimate of drug-likeness (QED) is 0.806. The molecule has 1 atom stereocenters. The standard InChI is InChI=1S/C21H22N2O5/c24-12-17(21(26)23-8-7-15-3-1-2-4-16(15)11-23)22-20(25)10-14-5-6-18-19(9-14)28-13-27-18/h1-6,9,17,24H,7-8,10-13H2,(H,22,25)/t17-/m0/s1. The SMILES string of the molecule is O=C(Cc1ccc2c(c1)OCO2)N[C@@H](CO)C(=O)N1CCc2ccccc2C1. The van der Waals surface area contributed by atoms with Gasteiger partial charge in [-0.1, -0.05) is 30.3 Å². The highest BCUT2D eigenvalue weighted by molar-refractivity contribution is 5.88. The van der Waals surface area contributed by atoms with Crippen molar-refractivity contribution in [1.29, 1.82) is 0 Å². The fourth-order valence-corrected chi connectivity index (χ4v) is 3.57. The van der Waals surface area contributed by atoms with Crippen LogP contribution in [0.1, 0.15) is 16.7 Å². The third-order valence-electron chi connectivity index (χ3n) is 5.06. The number of hydrogen-bond donors (Lipinski definition) is 2. The molecule has 2 heterocycles. The fraction of sp³-hybridized carbons (Fsp3) is 0.333. The van der Waals surface area contributed by atoms with Crippen LogP contribution in [-0.4, -0.2) is 47.8 Å². The van der Waals surface area contributed by atoms with Crippen LogP contribution in [0.15, 0.2) is 42.5 Å². The summed E-state index contributed by atoms with van der Waals surface area (Å²) in [6, 6.07) is 12.3. The largest absolute Gasteiger partial charge is 0.454 e. The molecule has 7 heteroatoms. The Balaban J connectivity index is 1.37. The van der Waals surface area contributed by atoms with Crippen LogP contribution in [0.2, 0.25) is 0 Å². The van der Waals surface area contributed by atoms with E-state index in [2.05, 4.69) is 11.4 Å². The molecule has 0 saturated carbocycles. The summed E-state index contributed by atoms with van der Waals surface area (Å²) in [4.78, 5) is 26.9. The van der Waals surface area contributed by atoms with Crippen LogP contribution in [-0.2, 0) is 29.0 Å². The van der Waals surface area contributed by atoms with Gasteiger partial charge in [0.2, 0.25) is 18.6 Å². The molecule has 28 heavy (non-hydrogen) atoms. The molecule has 4 rings (SSSR count). The minimum absolute atomic E-state index is 0.0866. The second-order valence-electron chi connectivity index (χ2n) is 6.95. The molecule has 0 spiro atoms. The Morgan fingerprint density at radius 1 is 1.11 bits per heavy atom. The average Bonchev–Trinajstić information content (AvgIpc) is 3.19. The summed E-state index contributed by atoms with van der Waals surface area (Å²) in [6.07, 6.45) is 0.856. The summed E-state index contributed by atoms with van der Waals surface area (Å²) >= 11 is 0. The van der Waals surface area contributed by atoms with Crippen molar-refractivity contribution < 1.29 is 24.2 Å². The monoisotopic (exact) mass is 382 g/mol. The highest BCUT2D eigenvalue weighted by Crippen LogP contribution is 2.32. The molecule has 146 valence electrons. The molecule has 2 aliphatic heterocycles. The van der Waals surface area contributed by atoms with E-state index in [1.165, 1.54) is 5.56 Å². The van der Waals surface area contributed by atoms with E-state index in [1.807, 2.05) is 18.2 Å². The second-order valence-corrected chi connectivity index (χ2v) is 6.95. The van der Waals surface area contributed by atoms with Gasteiger partial charge in [0.25, 0.3) is 0 Å². The molecule has 2 aromatic rings. The lowest BCUT2D eigenvalue weighted by Gasteiger charge is -2.31. The number of nitrogens with one attached hydrogen (secondary N) is 1. The molecule has 0 bridgehead atoms. The van der Waals surface area contributed by atoms with Gasteiger partial charge >= 0.3 is 0 Å². The Kier molecular flexibility index (Phi) is 5.16. The maximum atomic E-state index is 12.8. The van der Waals surface area contributed by atoms with Crippen molar-refractivity contribution in [3.05, 3.63) is 59.2 Å². The number of fused-ring (bicyclic) bond motifs is 2. The predicted octanol–water partition coefficient (Wildman–Crippen LogP) is 1.02. The Morgan fingerprint density at radius 2 is 1.89 bits per heavy atom. The maximum Gasteiger partial charge on any atom is 0.247 e. The Bertz CT molecular complexity index is 898. The molecule has 2 N–H and O–H groups in total. The van der Waals surface area contributed by atoms with E-state index in [-0.39, 0.29) is 25.0 Å². The van der Waals surface area contributed by atoms with E-state index in [0.717, 1.165) is 17.5 Å². The fourth-order valence-electron chi connectivity index (χ4n) is 3.57. The lowest BCUT2D eigenvalue weighted by Crippen LogP contribution is -2.51. The van der Waals surface area contributed by atoms with Crippen molar-refractivity contribution >= 4 is 11.8 Å². The van der Waals surface area contributed by atoms with Crippen LogP contribution in [0.5, 0.6) is 11.5 Å². The third-order valence-corrected chi connectivity index (χ3v) is 5.06. The van der Waals surface area contributed by atoms with Gasteiger partial charge in [0.1, 0.15) is 6.04 Å². The first-order valence-electron chi connectivity index (χ1n) is 9.28. The highest BCUT2D eigenvalue weighted by Gasteiger charge is 2.28. The Labute approximate surface area is 162 Å². The van der Waals surface area contributed by atoms with E-state index in [0.29, 0.717) is 24.6 Å². The van der Waals surface area contributed by atoms with Crippen molar-refractivity contribution in [1.82, 2.24) is 10.2 Å². The summed E-state index contributed by atoms with van der Waals surface area (Å²) in [5.74, 6) is 0.657. The van der Waals surface area contributed by atoms with E-state index in [9.17, 15) is 14.7 Å². The number of aliphatic hydroxyl groups is 1. The van der Waals surface area contributed by atoms with Gasteiger partial charge in [-0.25, -0.2) is 0 Å². The highest BCUT2D eigenvalue weighted by atomic mass is 16.7. The average molecular weight is 382 g/mol. The minimum atomic E-state index is -0.952. The zero-order chi connectivity index (χ0) is 19.5. The Hall–Kier alpha value is -3.06. The van der Waals surface area contributed by atoms with Gasteiger partial charge in [-0.05, 0) is 35.2 Å². The third kappa shape index (κ3) is 3.80. The first-order valence-corrected chi connectivity index (χ1v) is 9.28. The van der Waals surface area contributed by atoms with Gasteiger partial charge < -0.3 is 24.8 Å². The summed E-state index contributed by atoms with van der Waals surface area (Å²) in [7, 11) is 0. The van der Waals surface area contributed by atoms with E-state index >= 15 is 0 Å². The van der Waals surface area contributed by atoms with Crippen LogP contribution >= 0.6 is 0 Å². The lowest BCUT2D eigenvalue weighted by molar-refractivity contribution is -0.138. The number of ether oxygens (including phenoxy) is 2. The number of aliphatic hydroxyl groups excluding tert-OH is 1. The zero-order valence-electron chi connectivity index (χ0n) is 15.4. The first-order chi connectivity index (χ1) is 13.6. The first kappa shape index (κ1) is 18.3. The van der Waals surface area contributed by atoms with Gasteiger partial charge in [0.05, 0.1) is 13.0 Å². The smallest absolute Gasteiger partial charge is 0.247 e. The topological polar surface area (TPSA) is 88.1 Å². The number of rotatable bonds is 5. The summed E-state index contributed by atoms with van der Waals surface area (Å²) in [5.41, 5.74) is 3.09. The van der Waals surface area contributed by atoms with Gasteiger partial charge in [0.15, 0.2) is 11.5 Å². The zero-order valence-corrected chi connectivity index (χ0v) is 15.4. The number of amides is 2. The molecular formula is C21H22N2O5. The van der Waals surface area contributed by atoms with Crippen molar-refractivity contribution in [2.75, 3.05) is 19.9 Å². The molecule has 7 nitrogen and oxygen atoms in total. The van der Waals surface area contributed by atoms with Gasteiger partial charge in [-0.2, -0.15) is 0 Å². The Morgan fingerprint density at radius 3 is 2.71 bits per heavy atom. The van der Waals surface area contributed by atoms with E-state index < -0.39 is 12.6 Å². The summed E-state index contributed by atoms with van der Waals surface area (Å²) in [6.45, 7) is 0.794. The number of benzene rings is 2. The molecular weight excluding hydrogens is 360 g/mol.